The molecule has 0 saturated carbocycles. The van der Waals surface area contributed by atoms with Crippen LogP contribution in [-0.4, -0.2) is 6.04 Å². The van der Waals surface area contributed by atoms with Crippen LogP contribution in [-0.2, 0) is 0 Å². The zero-order valence-electron chi connectivity index (χ0n) is 7.81. The maximum absolute atomic E-state index is 5.81. The quantitative estimate of drug-likeness (QED) is 0.741. The Morgan fingerprint density at radius 1 is 1.31 bits per heavy atom. The van der Waals surface area contributed by atoms with E-state index < -0.39 is 0 Å². The molecule has 1 rings (SSSR count). The van der Waals surface area contributed by atoms with Crippen LogP contribution in [0.1, 0.15) is 18.4 Å². The minimum atomic E-state index is 0. The molecule has 2 heteroatoms. The molecule has 0 aliphatic carbocycles. The third kappa shape index (κ3) is 3.21. The fraction of sp³-hybridized carbons (Fsp3) is 0.273. The molecule has 0 spiro atoms. The Morgan fingerprint density at radius 2 is 1.85 bits per heavy atom. The van der Waals surface area contributed by atoms with Crippen molar-refractivity contribution in [3.05, 3.63) is 48.6 Å². The summed E-state index contributed by atoms with van der Waals surface area (Å²) in [5, 5.41) is 0. The van der Waals surface area contributed by atoms with E-state index in [4.69, 9.17) is 5.73 Å². The fourth-order valence-electron chi connectivity index (χ4n) is 1.33. The summed E-state index contributed by atoms with van der Waals surface area (Å²) in [6, 6.07) is 10.3. The molecule has 1 nitrogen and oxygen atoms in total. The van der Waals surface area contributed by atoms with Gasteiger partial charge in [0.25, 0.3) is 0 Å². The summed E-state index contributed by atoms with van der Waals surface area (Å²) in [6.07, 6.45) is 1.90. The van der Waals surface area contributed by atoms with Gasteiger partial charge in [0.2, 0.25) is 0 Å². The van der Waals surface area contributed by atoms with Gasteiger partial charge in [-0.05, 0) is 12.5 Å². The van der Waals surface area contributed by atoms with Crippen molar-refractivity contribution in [2.75, 3.05) is 0 Å². The molecule has 0 saturated heterocycles. The number of benzene rings is 1. The third-order valence-electron chi connectivity index (χ3n) is 2.00. The van der Waals surface area contributed by atoms with Crippen molar-refractivity contribution in [3.8, 4) is 0 Å². The Balaban J connectivity index is 0.00000144. The van der Waals surface area contributed by atoms with Crippen LogP contribution < -0.4 is 5.73 Å². The first-order valence-electron chi connectivity index (χ1n) is 4.18. The molecule has 0 radical (unpaired) electrons. The van der Waals surface area contributed by atoms with Gasteiger partial charge in [0.05, 0.1) is 0 Å². The highest BCUT2D eigenvalue weighted by Gasteiger charge is 2.10. The number of rotatable bonds is 3. The van der Waals surface area contributed by atoms with Gasteiger partial charge in [-0.15, -0.1) is 19.0 Å². The second kappa shape index (κ2) is 5.79. The van der Waals surface area contributed by atoms with Crippen molar-refractivity contribution < 1.29 is 0 Å². The number of nitrogens with two attached hydrogens (primary N) is 1. The first-order valence-corrected chi connectivity index (χ1v) is 4.18. The van der Waals surface area contributed by atoms with Crippen LogP contribution in [0.4, 0.5) is 0 Å². The van der Waals surface area contributed by atoms with Gasteiger partial charge < -0.3 is 5.73 Å². The maximum Gasteiger partial charge on any atom is 0.0164 e. The first-order chi connectivity index (χ1) is 5.75. The molecule has 0 aliphatic rings. The predicted molar refractivity (Wildman–Crippen MR) is 60.3 cm³/mol. The molecule has 0 amide bonds. The van der Waals surface area contributed by atoms with Gasteiger partial charge in [-0.3, -0.25) is 0 Å². The largest absolute Gasteiger partial charge is 0.327 e. The van der Waals surface area contributed by atoms with Crippen molar-refractivity contribution in [3.63, 3.8) is 0 Å². The normalized spacial score (nSPS) is 14.0. The zero-order chi connectivity index (χ0) is 8.97. The van der Waals surface area contributed by atoms with Gasteiger partial charge in [-0.25, -0.2) is 0 Å². The molecule has 0 fully saturated rings. The molecule has 0 bridgehead atoms. The molecular weight excluding hydrogens is 182 g/mol. The summed E-state index contributed by atoms with van der Waals surface area (Å²) in [6.45, 7) is 5.78. The van der Waals surface area contributed by atoms with Crippen LogP contribution in [0.3, 0.4) is 0 Å². The number of halogens is 1. The summed E-state index contributed by atoms with van der Waals surface area (Å²) in [5.74, 6) is 0.270. The summed E-state index contributed by atoms with van der Waals surface area (Å²) >= 11 is 0. The van der Waals surface area contributed by atoms with E-state index in [0.29, 0.717) is 0 Å². The standard InChI is InChI=1S/C11H15N.ClH/c1-3-11(9(2)12)10-7-5-4-6-8-10;/h3-9,11H,1,12H2,2H3;1H. The smallest absolute Gasteiger partial charge is 0.0164 e. The Hall–Kier alpha value is -0.790. The van der Waals surface area contributed by atoms with Gasteiger partial charge >= 0.3 is 0 Å². The topological polar surface area (TPSA) is 26.0 Å². The average Bonchev–Trinajstić information content (AvgIpc) is 2.07. The summed E-state index contributed by atoms with van der Waals surface area (Å²) in [5.41, 5.74) is 7.05. The molecule has 1 aromatic carbocycles. The molecule has 13 heavy (non-hydrogen) atoms. The van der Waals surface area contributed by atoms with Crippen molar-refractivity contribution in [1.82, 2.24) is 0 Å². The molecule has 1 aromatic rings. The molecule has 0 aromatic heterocycles. The predicted octanol–water partition coefficient (Wildman–Crippen LogP) is 2.73. The minimum Gasteiger partial charge on any atom is -0.327 e. The Bertz CT molecular complexity index is 244. The SMILES string of the molecule is C=CC(c1ccccc1)C(C)N.Cl. The lowest BCUT2D eigenvalue weighted by atomic mass is 9.93. The second-order valence-corrected chi connectivity index (χ2v) is 3.03. The van der Waals surface area contributed by atoms with Crippen molar-refractivity contribution in [1.29, 1.82) is 0 Å². The summed E-state index contributed by atoms with van der Waals surface area (Å²) in [4.78, 5) is 0. The molecular formula is C11H16ClN. The summed E-state index contributed by atoms with van der Waals surface area (Å²) < 4.78 is 0. The minimum absolute atomic E-state index is 0. The Morgan fingerprint density at radius 3 is 2.23 bits per heavy atom. The zero-order valence-corrected chi connectivity index (χ0v) is 8.63. The van der Waals surface area contributed by atoms with E-state index in [1.54, 1.807) is 0 Å². The summed E-state index contributed by atoms with van der Waals surface area (Å²) in [7, 11) is 0. The number of hydrogen-bond acceptors (Lipinski definition) is 1. The van der Waals surface area contributed by atoms with Crippen molar-refractivity contribution in [2.24, 2.45) is 5.73 Å². The van der Waals surface area contributed by atoms with E-state index in [1.807, 2.05) is 31.2 Å². The van der Waals surface area contributed by atoms with Gasteiger partial charge in [-0.2, -0.15) is 0 Å². The lowest BCUT2D eigenvalue weighted by molar-refractivity contribution is 0.663. The van der Waals surface area contributed by atoms with Crippen molar-refractivity contribution >= 4 is 12.4 Å². The van der Waals surface area contributed by atoms with E-state index in [9.17, 15) is 0 Å². The van der Waals surface area contributed by atoms with E-state index in [1.165, 1.54) is 5.56 Å². The van der Waals surface area contributed by atoms with Crippen LogP contribution in [0.2, 0.25) is 0 Å². The lowest BCUT2D eigenvalue weighted by Gasteiger charge is -2.16. The van der Waals surface area contributed by atoms with Crippen LogP contribution in [0, 0.1) is 0 Å². The Kier molecular flexibility index (Phi) is 5.44. The molecule has 2 atom stereocenters. The third-order valence-corrected chi connectivity index (χ3v) is 2.00. The van der Waals surface area contributed by atoms with E-state index in [-0.39, 0.29) is 24.4 Å². The fourth-order valence-corrected chi connectivity index (χ4v) is 1.33. The lowest BCUT2D eigenvalue weighted by Crippen LogP contribution is -2.23. The van der Waals surface area contributed by atoms with E-state index in [2.05, 4.69) is 18.7 Å². The van der Waals surface area contributed by atoms with Gasteiger partial charge in [-0.1, -0.05) is 36.4 Å². The average molecular weight is 198 g/mol. The molecule has 0 aliphatic heterocycles. The molecule has 72 valence electrons. The number of hydrogen-bond donors (Lipinski definition) is 1. The maximum atomic E-state index is 5.81. The van der Waals surface area contributed by atoms with Gasteiger partial charge in [0, 0.05) is 12.0 Å². The van der Waals surface area contributed by atoms with Crippen LogP contribution in [0.5, 0.6) is 0 Å². The van der Waals surface area contributed by atoms with Crippen molar-refractivity contribution in [2.45, 2.75) is 18.9 Å². The molecule has 0 heterocycles. The molecule has 2 unspecified atom stereocenters. The highest BCUT2D eigenvalue weighted by molar-refractivity contribution is 5.85. The van der Waals surface area contributed by atoms with E-state index in [0.717, 1.165) is 0 Å². The van der Waals surface area contributed by atoms with Crippen LogP contribution in [0.25, 0.3) is 0 Å². The first kappa shape index (κ1) is 12.2. The Labute approximate surface area is 86.1 Å². The van der Waals surface area contributed by atoms with Crippen LogP contribution in [0.15, 0.2) is 43.0 Å². The highest BCUT2D eigenvalue weighted by atomic mass is 35.5. The second-order valence-electron chi connectivity index (χ2n) is 3.03. The van der Waals surface area contributed by atoms with E-state index >= 15 is 0 Å². The molecule has 2 N–H and O–H groups in total. The van der Waals surface area contributed by atoms with Gasteiger partial charge in [0.1, 0.15) is 0 Å². The monoisotopic (exact) mass is 197 g/mol. The van der Waals surface area contributed by atoms with Gasteiger partial charge in [0.15, 0.2) is 0 Å². The highest BCUT2D eigenvalue weighted by Crippen LogP contribution is 2.18. The van der Waals surface area contributed by atoms with Crippen LogP contribution >= 0.6 is 12.4 Å².